The minimum atomic E-state index is -0.384. The van der Waals surface area contributed by atoms with Crippen LogP contribution in [0, 0.1) is 0 Å². The van der Waals surface area contributed by atoms with Crippen molar-refractivity contribution in [3.8, 4) is 5.75 Å². The summed E-state index contributed by atoms with van der Waals surface area (Å²) in [7, 11) is 1.59. The molecule has 0 atom stereocenters. The molecule has 2 aromatic rings. The third-order valence-electron chi connectivity index (χ3n) is 3.10. The van der Waals surface area contributed by atoms with Gasteiger partial charge in [0.05, 0.1) is 19.3 Å². The molecule has 0 aliphatic rings. The van der Waals surface area contributed by atoms with Crippen molar-refractivity contribution in [3.63, 3.8) is 0 Å². The third kappa shape index (κ3) is 4.86. The van der Waals surface area contributed by atoms with Crippen LogP contribution in [0.15, 0.2) is 59.2 Å². The molecule has 1 N–H and O–H groups in total. The van der Waals surface area contributed by atoms with Crippen LogP contribution >= 0.6 is 15.9 Å². The molecule has 0 heterocycles. The standard InChI is InChI=1S/C18H18BrNO3/c1-3-23-18(21)17(13-5-4-6-16(11-13)22-2)12-20-15-9-7-14(19)8-10-15/h4-12,20H,3H2,1-2H3/b17-12-. The number of methoxy groups -OCH3 is 1. The molecular weight excluding hydrogens is 358 g/mol. The van der Waals surface area contributed by atoms with Gasteiger partial charge in [0.25, 0.3) is 0 Å². The maximum Gasteiger partial charge on any atom is 0.340 e. The number of halogens is 1. The zero-order chi connectivity index (χ0) is 16.7. The second kappa shape index (κ2) is 8.39. The summed E-state index contributed by atoms with van der Waals surface area (Å²) in [6.45, 7) is 2.10. The van der Waals surface area contributed by atoms with Crippen molar-refractivity contribution in [1.29, 1.82) is 0 Å². The molecule has 4 nitrogen and oxygen atoms in total. The van der Waals surface area contributed by atoms with Crippen molar-refractivity contribution >= 4 is 33.2 Å². The molecule has 0 spiro atoms. The van der Waals surface area contributed by atoms with E-state index < -0.39 is 0 Å². The molecule has 120 valence electrons. The minimum Gasteiger partial charge on any atom is -0.497 e. The third-order valence-corrected chi connectivity index (χ3v) is 3.63. The summed E-state index contributed by atoms with van der Waals surface area (Å²) in [5.74, 6) is 0.298. The molecule has 0 amide bonds. The molecule has 0 bridgehead atoms. The first-order valence-corrected chi connectivity index (χ1v) is 7.97. The van der Waals surface area contributed by atoms with Crippen molar-refractivity contribution in [3.05, 3.63) is 64.8 Å². The van der Waals surface area contributed by atoms with E-state index in [9.17, 15) is 4.79 Å². The van der Waals surface area contributed by atoms with Gasteiger partial charge in [0, 0.05) is 16.4 Å². The zero-order valence-corrected chi connectivity index (χ0v) is 14.6. The van der Waals surface area contributed by atoms with Gasteiger partial charge >= 0.3 is 5.97 Å². The van der Waals surface area contributed by atoms with E-state index in [0.717, 1.165) is 15.7 Å². The van der Waals surface area contributed by atoms with Crippen LogP contribution in [0.3, 0.4) is 0 Å². The Bertz CT molecular complexity index is 696. The number of benzene rings is 2. The summed E-state index contributed by atoms with van der Waals surface area (Å²) in [6.07, 6.45) is 1.65. The smallest absolute Gasteiger partial charge is 0.340 e. The Balaban J connectivity index is 2.30. The van der Waals surface area contributed by atoms with Crippen molar-refractivity contribution in [2.24, 2.45) is 0 Å². The Morgan fingerprint density at radius 3 is 2.61 bits per heavy atom. The maximum absolute atomic E-state index is 12.2. The van der Waals surface area contributed by atoms with Crippen LogP contribution in [0.2, 0.25) is 0 Å². The van der Waals surface area contributed by atoms with Crippen LogP contribution in [0.4, 0.5) is 5.69 Å². The molecule has 5 heteroatoms. The summed E-state index contributed by atoms with van der Waals surface area (Å²) in [5, 5.41) is 3.12. The lowest BCUT2D eigenvalue weighted by Gasteiger charge is -2.10. The van der Waals surface area contributed by atoms with Gasteiger partial charge in [0.1, 0.15) is 5.75 Å². The molecule has 0 unspecified atom stereocenters. The van der Waals surface area contributed by atoms with E-state index in [0.29, 0.717) is 17.9 Å². The van der Waals surface area contributed by atoms with Crippen LogP contribution < -0.4 is 10.1 Å². The van der Waals surface area contributed by atoms with Crippen LogP contribution in [-0.2, 0) is 9.53 Å². The van der Waals surface area contributed by atoms with Crippen molar-refractivity contribution in [2.75, 3.05) is 19.0 Å². The van der Waals surface area contributed by atoms with E-state index in [1.807, 2.05) is 42.5 Å². The van der Waals surface area contributed by atoms with E-state index >= 15 is 0 Å². The lowest BCUT2D eigenvalue weighted by molar-refractivity contribution is -0.136. The first-order valence-electron chi connectivity index (χ1n) is 7.18. The lowest BCUT2D eigenvalue weighted by atomic mass is 10.1. The monoisotopic (exact) mass is 375 g/mol. The van der Waals surface area contributed by atoms with Gasteiger partial charge in [-0.3, -0.25) is 0 Å². The van der Waals surface area contributed by atoms with E-state index in [2.05, 4.69) is 21.2 Å². The average molecular weight is 376 g/mol. The van der Waals surface area contributed by atoms with Crippen molar-refractivity contribution < 1.29 is 14.3 Å². The van der Waals surface area contributed by atoms with E-state index in [4.69, 9.17) is 9.47 Å². The molecule has 0 saturated carbocycles. The summed E-state index contributed by atoms with van der Waals surface area (Å²) < 4.78 is 11.4. The highest BCUT2D eigenvalue weighted by molar-refractivity contribution is 9.10. The normalized spacial score (nSPS) is 11.0. The number of hydrogen-bond donors (Lipinski definition) is 1. The van der Waals surface area contributed by atoms with Gasteiger partial charge in [0.15, 0.2) is 0 Å². The number of carbonyl (C=O) groups excluding carboxylic acids is 1. The molecule has 0 aromatic heterocycles. The quantitative estimate of drug-likeness (QED) is 0.597. The molecular formula is C18H18BrNO3. The molecule has 0 fully saturated rings. The van der Waals surface area contributed by atoms with Gasteiger partial charge in [-0.15, -0.1) is 0 Å². The molecule has 23 heavy (non-hydrogen) atoms. The Labute approximate surface area is 144 Å². The largest absolute Gasteiger partial charge is 0.497 e. The highest BCUT2D eigenvalue weighted by Crippen LogP contribution is 2.22. The Kier molecular flexibility index (Phi) is 6.23. The minimum absolute atomic E-state index is 0.318. The van der Waals surface area contributed by atoms with Crippen LogP contribution in [0.1, 0.15) is 12.5 Å². The van der Waals surface area contributed by atoms with E-state index in [1.165, 1.54) is 0 Å². The number of anilines is 1. The number of carbonyl (C=O) groups is 1. The van der Waals surface area contributed by atoms with Gasteiger partial charge in [-0.25, -0.2) is 4.79 Å². The molecule has 0 aliphatic carbocycles. The van der Waals surface area contributed by atoms with Crippen LogP contribution in [0.5, 0.6) is 5.75 Å². The Morgan fingerprint density at radius 1 is 1.22 bits per heavy atom. The number of nitrogens with one attached hydrogen (secondary N) is 1. The van der Waals surface area contributed by atoms with Crippen molar-refractivity contribution in [1.82, 2.24) is 0 Å². The van der Waals surface area contributed by atoms with Gasteiger partial charge in [-0.1, -0.05) is 28.1 Å². The highest BCUT2D eigenvalue weighted by Gasteiger charge is 2.14. The van der Waals surface area contributed by atoms with E-state index in [-0.39, 0.29) is 5.97 Å². The summed E-state index contributed by atoms with van der Waals surface area (Å²) >= 11 is 3.39. The number of ether oxygens (including phenoxy) is 2. The Hall–Kier alpha value is -2.27. The number of esters is 1. The highest BCUT2D eigenvalue weighted by atomic mass is 79.9. The molecule has 2 aromatic carbocycles. The number of rotatable bonds is 6. The molecule has 0 aliphatic heterocycles. The first-order chi connectivity index (χ1) is 11.1. The predicted molar refractivity (Wildman–Crippen MR) is 95.4 cm³/mol. The van der Waals surface area contributed by atoms with Gasteiger partial charge < -0.3 is 14.8 Å². The van der Waals surface area contributed by atoms with Gasteiger partial charge in [-0.2, -0.15) is 0 Å². The number of hydrogen-bond acceptors (Lipinski definition) is 4. The fourth-order valence-corrected chi connectivity index (χ4v) is 2.23. The topological polar surface area (TPSA) is 47.6 Å². The summed E-state index contributed by atoms with van der Waals surface area (Å²) in [6, 6.07) is 15.0. The lowest BCUT2D eigenvalue weighted by Crippen LogP contribution is -2.08. The maximum atomic E-state index is 12.2. The van der Waals surface area contributed by atoms with Crippen LogP contribution in [0.25, 0.3) is 5.57 Å². The SMILES string of the molecule is CCOC(=O)/C(=C\Nc1ccc(Br)cc1)c1cccc(OC)c1. The van der Waals surface area contributed by atoms with Crippen LogP contribution in [-0.4, -0.2) is 19.7 Å². The van der Waals surface area contributed by atoms with Gasteiger partial charge in [0.2, 0.25) is 0 Å². The summed E-state index contributed by atoms with van der Waals surface area (Å²) in [4.78, 5) is 12.2. The fourth-order valence-electron chi connectivity index (χ4n) is 1.96. The zero-order valence-electron chi connectivity index (χ0n) is 13.0. The average Bonchev–Trinajstić information content (AvgIpc) is 2.57. The second-order valence-corrected chi connectivity index (χ2v) is 5.58. The first kappa shape index (κ1) is 17.1. The van der Waals surface area contributed by atoms with Gasteiger partial charge in [-0.05, 0) is 48.9 Å². The van der Waals surface area contributed by atoms with Crippen molar-refractivity contribution in [2.45, 2.75) is 6.92 Å². The molecule has 0 saturated heterocycles. The Morgan fingerprint density at radius 2 is 1.96 bits per heavy atom. The van der Waals surface area contributed by atoms with E-state index in [1.54, 1.807) is 26.3 Å². The summed E-state index contributed by atoms with van der Waals surface area (Å²) in [5.41, 5.74) is 2.04. The molecule has 2 rings (SSSR count). The second-order valence-electron chi connectivity index (χ2n) is 4.66. The molecule has 0 radical (unpaired) electrons. The predicted octanol–water partition coefficient (Wildman–Crippen LogP) is 4.47. The fraction of sp³-hybridized carbons (Fsp3) is 0.167.